The summed E-state index contributed by atoms with van der Waals surface area (Å²) in [6.07, 6.45) is 0. The van der Waals surface area contributed by atoms with E-state index in [0.29, 0.717) is 29.5 Å². The van der Waals surface area contributed by atoms with Gasteiger partial charge in [0, 0.05) is 12.1 Å². The molecule has 20 heavy (non-hydrogen) atoms. The first-order chi connectivity index (χ1) is 9.43. The third kappa shape index (κ3) is 5.05. The Labute approximate surface area is 124 Å². The maximum Gasteiger partial charge on any atom is 0.257 e. The van der Waals surface area contributed by atoms with Gasteiger partial charge < -0.3 is 20.5 Å². The molecule has 0 aliphatic heterocycles. The minimum atomic E-state index is -0.167. The number of hydrogen-bond donors (Lipinski definition) is 2. The van der Waals surface area contributed by atoms with E-state index in [1.807, 2.05) is 13.8 Å². The molecule has 6 heteroatoms. The van der Waals surface area contributed by atoms with E-state index in [1.54, 1.807) is 18.2 Å². The van der Waals surface area contributed by atoms with E-state index >= 15 is 0 Å². The molecule has 110 valence electrons. The molecule has 0 saturated carbocycles. The van der Waals surface area contributed by atoms with Crippen LogP contribution in [0.4, 0.5) is 0 Å². The van der Waals surface area contributed by atoms with Crippen LogP contribution in [-0.4, -0.2) is 31.2 Å². The molecular formula is C14H20N2O3S. The lowest BCUT2D eigenvalue weighted by Crippen LogP contribution is -2.31. The van der Waals surface area contributed by atoms with Crippen molar-refractivity contribution in [3.8, 4) is 11.5 Å². The van der Waals surface area contributed by atoms with Gasteiger partial charge >= 0.3 is 0 Å². The van der Waals surface area contributed by atoms with Crippen molar-refractivity contribution in [3.63, 3.8) is 0 Å². The van der Waals surface area contributed by atoms with Crippen molar-refractivity contribution in [1.29, 1.82) is 0 Å². The molecule has 5 nitrogen and oxygen atoms in total. The van der Waals surface area contributed by atoms with Gasteiger partial charge in [-0.25, -0.2) is 0 Å². The van der Waals surface area contributed by atoms with Crippen LogP contribution < -0.4 is 20.5 Å². The molecule has 0 aliphatic carbocycles. The van der Waals surface area contributed by atoms with Crippen LogP contribution in [0.2, 0.25) is 0 Å². The Hall–Kier alpha value is -1.82. The maximum atomic E-state index is 11.6. The molecule has 0 unspecified atom stereocenters. The Balaban J connectivity index is 2.63. The second-order valence-electron chi connectivity index (χ2n) is 4.72. The molecule has 1 aromatic rings. The van der Waals surface area contributed by atoms with Crippen LogP contribution in [0.3, 0.4) is 0 Å². The zero-order valence-corrected chi connectivity index (χ0v) is 12.8. The number of carbonyl (C=O) groups excluding carboxylic acids is 1. The van der Waals surface area contributed by atoms with Crippen LogP contribution in [0.15, 0.2) is 18.2 Å². The molecule has 0 bridgehead atoms. The van der Waals surface area contributed by atoms with Crippen molar-refractivity contribution in [1.82, 2.24) is 5.32 Å². The van der Waals surface area contributed by atoms with E-state index in [4.69, 9.17) is 27.4 Å². The van der Waals surface area contributed by atoms with Gasteiger partial charge in [-0.3, -0.25) is 4.79 Å². The van der Waals surface area contributed by atoms with Gasteiger partial charge in [0.1, 0.15) is 4.99 Å². The number of benzene rings is 1. The highest BCUT2D eigenvalue weighted by Crippen LogP contribution is 2.27. The molecule has 1 aromatic carbocycles. The molecule has 0 saturated heterocycles. The SMILES string of the molecule is COc1cc(C(N)=S)ccc1OCC(=O)NCC(C)C. The van der Waals surface area contributed by atoms with Gasteiger partial charge in [-0.15, -0.1) is 0 Å². The number of ether oxygens (including phenoxy) is 2. The summed E-state index contributed by atoms with van der Waals surface area (Å²) in [5, 5.41) is 2.77. The molecule has 0 aromatic heterocycles. The Morgan fingerprint density at radius 3 is 2.65 bits per heavy atom. The molecule has 0 spiro atoms. The third-order valence-electron chi connectivity index (χ3n) is 2.51. The van der Waals surface area contributed by atoms with Crippen molar-refractivity contribution in [2.24, 2.45) is 11.7 Å². The van der Waals surface area contributed by atoms with Crippen LogP contribution in [0.5, 0.6) is 11.5 Å². The topological polar surface area (TPSA) is 73.6 Å². The summed E-state index contributed by atoms with van der Waals surface area (Å²) in [7, 11) is 1.52. The average Bonchev–Trinajstić information content (AvgIpc) is 2.42. The molecule has 0 heterocycles. The first-order valence-corrected chi connectivity index (χ1v) is 6.72. The highest BCUT2D eigenvalue weighted by atomic mass is 32.1. The standard InChI is InChI=1S/C14H20N2O3S/c1-9(2)7-16-13(17)8-19-11-5-4-10(14(15)20)6-12(11)18-3/h4-6,9H,7-8H2,1-3H3,(H2,15,20)(H,16,17). The van der Waals surface area contributed by atoms with Crippen LogP contribution >= 0.6 is 12.2 Å². The number of methoxy groups -OCH3 is 1. The number of carbonyl (C=O) groups is 1. The molecule has 0 fully saturated rings. The molecule has 1 rings (SSSR count). The predicted octanol–water partition coefficient (Wildman–Crippen LogP) is 1.48. The van der Waals surface area contributed by atoms with E-state index in [0.717, 1.165) is 0 Å². The van der Waals surface area contributed by atoms with Gasteiger partial charge in [-0.1, -0.05) is 26.1 Å². The Bertz CT molecular complexity index is 489. The van der Waals surface area contributed by atoms with Crippen molar-refractivity contribution in [2.75, 3.05) is 20.3 Å². The normalized spacial score (nSPS) is 10.2. The second-order valence-corrected chi connectivity index (χ2v) is 5.16. The number of rotatable bonds is 7. The minimum Gasteiger partial charge on any atom is -0.493 e. The Kier molecular flexibility index (Phi) is 6.24. The fraction of sp³-hybridized carbons (Fsp3) is 0.429. The summed E-state index contributed by atoms with van der Waals surface area (Å²) >= 11 is 4.90. The number of nitrogens with one attached hydrogen (secondary N) is 1. The average molecular weight is 296 g/mol. The summed E-state index contributed by atoms with van der Waals surface area (Å²) in [5.41, 5.74) is 6.24. The zero-order valence-electron chi connectivity index (χ0n) is 11.9. The largest absolute Gasteiger partial charge is 0.493 e. The number of nitrogens with two attached hydrogens (primary N) is 1. The van der Waals surface area contributed by atoms with E-state index in [9.17, 15) is 4.79 Å². The second kappa shape index (κ2) is 7.69. The molecule has 0 radical (unpaired) electrons. The van der Waals surface area contributed by atoms with Crippen LogP contribution in [-0.2, 0) is 4.79 Å². The monoisotopic (exact) mass is 296 g/mol. The van der Waals surface area contributed by atoms with Crippen molar-refractivity contribution < 1.29 is 14.3 Å². The number of thiocarbonyl (C=S) groups is 1. The first-order valence-electron chi connectivity index (χ1n) is 6.31. The summed E-state index contributed by atoms with van der Waals surface area (Å²) in [5.74, 6) is 1.21. The van der Waals surface area contributed by atoms with Gasteiger partial charge in [0.15, 0.2) is 18.1 Å². The molecular weight excluding hydrogens is 276 g/mol. The van der Waals surface area contributed by atoms with E-state index in [1.165, 1.54) is 7.11 Å². The van der Waals surface area contributed by atoms with E-state index in [-0.39, 0.29) is 17.5 Å². The third-order valence-corrected chi connectivity index (χ3v) is 2.75. The quantitative estimate of drug-likeness (QED) is 0.746. The van der Waals surface area contributed by atoms with Gasteiger partial charge in [-0.2, -0.15) is 0 Å². The highest BCUT2D eigenvalue weighted by Gasteiger charge is 2.09. The lowest BCUT2D eigenvalue weighted by Gasteiger charge is -2.12. The van der Waals surface area contributed by atoms with Crippen LogP contribution in [0.25, 0.3) is 0 Å². The molecule has 0 aliphatic rings. The fourth-order valence-corrected chi connectivity index (χ4v) is 1.58. The number of amides is 1. The lowest BCUT2D eigenvalue weighted by molar-refractivity contribution is -0.123. The van der Waals surface area contributed by atoms with Crippen LogP contribution in [0.1, 0.15) is 19.4 Å². The zero-order chi connectivity index (χ0) is 15.1. The summed E-state index contributed by atoms with van der Waals surface area (Å²) < 4.78 is 10.6. The summed E-state index contributed by atoms with van der Waals surface area (Å²) in [4.78, 5) is 11.9. The van der Waals surface area contributed by atoms with Crippen LogP contribution in [0, 0.1) is 5.92 Å². The summed E-state index contributed by atoms with van der Waals surface area (Å²) in [6, 6.07) is 5.10. The van der Waals surface area contributed by atoms with E-state index < -0.39 is 0 Å². The maximum absolute atomic E-state index is 11.6. The molecule has 0 atom stereocenters. The Morgan fingerprint density at radius 2 is 2.10 bits per heavy atom. The van der Waals surface area contributed by atoms with E-state index in [2.05, 4.69) is 5.32 Å². The van der Waals surface area contributed by atoms with Crippen molar-refractivity contribution in [3.05, 3.63) is 23.8 Å². The highest BCUT2D eigenvalue weighted by molar-refractivity contribution is 7.80. The van der Waals surface area contributed by atoms with Gasteiger partial charge in [0.2, 0.25) is 0 Å². The van der Waals surface area contributed by atoms with Gasteiger partial charge in [-0.05, 0) is 24.1 Å². The minimum absolute atomic E-state index is 0.0600. The fourth-order valence-electron chi connectivity index (χ4n) is 1.45. The predicted molar refractivity (Wildman–Crippen MR) is 82.2 cm³/mol. The Morgan fingerprint density at radius 1 is 1.40 bits per heavy atom. The summed E-state index contributed by atoms with van der Waals surface area (Å²) in [6.45, 7) is 4.62. The van der Waals surface area contributed by atoms with Crippen molar-refractivity contribution in [2.45, 2.75) is 13.8 Å². The lowest BCUT2D eigenvalue weighted by atomic mass is 10.2. The van der Waals surface area contributed by atoms with Crippen molar-refractivity contribution >= 4 is 23.1 Å². The first kappa shape index (κ1) is 16.2. The smallest absolute Gasteiger partial charge is 0.257 e. The number of hydrogen-bond acceptors (Lipinski definition) is 4. The van der Waals surface area contributed by atoms with Gasteiger partial charge in [0.25, 0.3) is 5.91 Å². The molecule has 1 amide bonds. The van der Waals surface area contributed by atoms with Gasteiger partial charge in [0.05, 0.1) is 7.11 Å². The molecule has 3 N–H and O–H groups in total.